The van der Waals surface area contributed by atoms with Crippen molar-refractivity contribution in [1.29, 1.82) is 0 Å². The van der Waals surface area contributed by atoms with Crippen molar-refractivity contribution in [2.75, 3.05) is 70.1 Å². The SMILES string of the molecule is COc1ccc(CC[C@@H]2CCN(C[C@@H](CC(=O)O)c3cc(N4CCN(C(=O)CCCCN=[N+]=[N-])CC4)cc(-n4nc(C)cc4C)c3)C2)nc1N. The van der Waals surface area contributed by atoms with Crippen molar-refractivity contribution in [1.82, 2.24) is 24.6 Å². The number of carbonyl (C=O) groups excluding carboxylic acids is 1. The van der Waals surface area contributed by atoms with Gasteiger partial charge >= 0.3 is 5.97 Å². The van der Waals surface area contributed by atoms with Crippen LogP contribution in [-0.4, -0.2) is 101 Å². The molecule has 0 aliphatic carbocycles. The van der Waals surface area contributed by atoms with Crippen molar-refractivity contribution in [3.8, 4) is 11.4 Å². The highest BCUT2D eigenvalue weighted by molar-refractivity contribution is 5.76. The Kier molecular flexibility index (Phi) is 12.6. The van der Waals surface area contributed by atoms with Crippen LogP contribution in [-0.2, 0) is 16.0 Å². The number of nitrogens with two attached hydrogens (primary N) is 1. The molecule has 3 N–H and O–H groups in total. The number of hydrogen-bond donors (Lipinski definition) is 2. The third kappa shape index (κ3) is 9.66. The molecule has 0 radical (unpaired) electrons. The summed E-state index contributed by atoms with van der Waals surface area (Å²) in [6.07, 6.45) is 4.74. The van der Waals surface area contributed by atoms with E-state index in [0.717, 1.165) is 66.4 Å². The molecule has 4 heterocycles. The maximum Gasteiger partial charge on any atom is 0.304 e. The molecule has 2 saturated heterocycles. The number of pyridine rings is 1. The van der Waals surface area contributed by atoms with E-state index in [-0.39, 0.29) is 18.2 Å². The Morgan fingerprint density at radius 3 is 2.56 bits per heavy atom. The standard InChI is InChI=1S/C36H50N10O4/c1-25-18-26(2)46(41-25)32-20-28(19-31(22-32)44-14-16-45(17-15-44)34(47)6-4-5-12-39-42-38)29(21-35(48)49)24-43-13-11-27(23-43)7-8-30-9-10-33(50-3)36(37)40-30/h9-10,18-20,22,27,29H,4-8,11-17,21,23-24H2,1-3H3,(H2,37,40)(H,48,49)/t27-,29-/m1/s1. The van der Waals surface area contributed by atoms with E-state index in [1.54, 1.807) is 7.11 Å². The van der Waals surface area contributed by atoms with E-state index < -0.39 is 5.97 Å². The minimum atomic E-state index is -0.821. The van der Waals surface area contributed by atoms with Crippen LogP contribution in [0.25, 0.3) is 16.1 Å². The van der Waals surface area contributed by atoms with E-state index in [4.69, 9.17) is 21.1 Å². The van der Waals surface area contributed by atoms with Crippen molar-refractivity contribution < 1.29 is 19.4 Å². The third-order valence-electron chi connectivity index (χ3n) is 9.85. The average molecular weight is 687 g/mol. The normalized spacial score (nSPS) is 17.1. The molecule has 2 aliphatic heterocycles. The van der Waals surface area contributed by atoms with Crippen LogP contribution >= 0.6 is 0 Å². The largest absolute Gasteiger partial charge is 0.493 e. The van der Waals surface area contributed by atoms with E-state index in [2.05, 4.69) is 43.0 Å². The van der Waals surface area contributed by atoms with Crippen LogP contribution in [0.5, 0.6) is 5.75 Å². The van der Waals surface area contributed by atoms with Crippen molar-refractivity contribution in [3.63, 3.8) is 0 Å². The molecule has 2 atom stereocenters. The summed E-state index contributed by atoms with van der Waals surface area (Å²) >= 11 is 0. The highest BCUT2D eigenvalue weighted by atomic mass is 16.5. The van der Waals surface area contributed by atoms with E-state index in [9.17, 15) is 14.7 Å². The number of nitrogen functional groups attached to an aromatic ring is 1. The minimum absolute atomic E-state index is 0.0260. The average Bonchev–Trinajstić information content (AvgIpc) is 3.70. The predicted octanol–water partition coefficient (Wildman–Crippen LogP) is 5.12. The van der Waals surface area contributed by atoms with Gasteiger partial charge in [0, 0.05) is 80.1 Å². The molecule has 0 bridgehead atoms. The number of methoxy groups -OCH3 is 1. The number of hydrogen-bond acceptors (Lipinski definition) is 9. The number of likely N-dealkylation sites (tertiary alicyclic amines) is 1. The summed E-state index contributed by atoms with van der Waals surface area (Å²) in [5, 5.41) is 18.4. The molecular formula is C36H50N10O4. The molecular weight excluding hydrogens is 636 g/mol. The number of amides is 1. The molecule has 3 aromatic rings. The van der Waals surface area contributed by atoms with Crippen LogP contribution in [0.4, 0.5) is 11.5 Å². The lowest BCUT2D eigenvalue weighted by Crippen LogP contribution is -2.48. The molecule has 0 spiro atoms. The Hall–Kier alpha value is -4.81. The number of ether oxygens (including phenoxy) is 1. The van der Waals surface area contributed by atoms with Gasteiger partial charge < -0.3 is 30.3 Å². The zero-order valence-electron chi connectivity index (χ0n) is 29.5. The molecule has 5 rings (SSSR count). The van der Waals surface area contributed by atoms with Crippen LogP contribution in [0.1, 0.15) is 67.1 Å². The van der Waals surface area contributed by atoms with E-state index in [1.807, 2.05) is 41.6 Å². The number of anilines is 2. The first-order valence-corrected chi connectivity index (χ1v) is 17.6. The van der Waals surface area contributed by atoms with Gasteiger partial charge in [0.05, 0.1) is 24.9 Å². The summed E-state index contributed by atoms with van der Waals surface area (Å²) in [4.78, 5) is 39.0. The van der Waals surface area contributed by atoms with E-state index >= 15 is 0 Å². The number of aromatic nitrogens is 3. The summed E-state index contributed by atoms with van der Waals surface area (Å²) in [6, 6.07) is 12.2. The van der Waals surface area contributed by atoms with Gasteiger partial charge in [0.1, 0.15) is 0 Å². The van der Waals surface area contributed by atoms with Gasteiger partial charge in [0.15, 0.2) is 11.6 Å². The van der Waals surface area contributed by atoms with Gasteiger partial charge in [0.25, 0.3) is 0 Å². The molecule has 14 nitrogen and oxygen atoms in total. The highest BCUT2D eigenvalue weighted by Crippen LogP contribution is 2.32. The first-order valence-electron chi connectivity index (χ1n) is 17.6. The Morgan fingerprint density at radius 2 is 1.88 bits per heavy atom. The number of carboxylic acid groups (broad SMARTS) is 1. The number of nitrogens with zero attached hydrogens (tertiary/aromatic N) is 9. The number of carbonyl (C=O) groups is 2. The Morgan fingerprint density at radius 1 is 1.10 bits per heavy atom. The van der Waals surface area contributed by atoms with Crippen molar-refractivity contribution >= 4 is 23.4 Å². The van der Waals surface area contributed by atoms with Crippen LogP contribution in [0.3, 0.4) is 0 Å². The molecule has 50 heavy (non-hydrogen) atoms. The second-order valence-electron chi connectivity index (χ2n) is 13.5. The fourth-order valence-corrected chi connectivity index (χ4v) is 7.22. The van der Waals surface area contributed by atoms with Gasteiger partial charge in [-0.25, -0.2) is 9.67 Å². The predicted molar refractivity (Wildman–Crippen MR) is 193 cm³/mol. The van der Waals surface area contributed by atoms with Crippen LogP contribution in [0.15, 0.2) is 41.5 Å². The molecule has 2 aliphatic rings. The number of unbranched alkanes of at least 4 members (excludes halogenated alkanes) is 1. The number of piperazine rings is 1. The van der Waals surface area contributed by atoms with Gasteiger partial charge in [-0.1, -0.05) is 5.11 Å². The van der Waals surface area contributed by atoms with E-state index in [0.29, 0.717) is 76.0 Å². The minimum Gasteiger partial charge on any atom is -0.493 e. The fourth-order valence-electron chi connectivity index (χ4n) is 7.22. The first kappa shape index (κ1) is 36.5. The lowest BCUT2D eigenvalue weighted by atomic mass is 9.93. The van der Waals surface area contributed by atoms with E-state index in [1.165, 1.54) is 0 Å². The summed E-state index contributed by atoms with van der Waals surface area (Å²) in [7, 11) is 1.58. The monoisotopic (exact) mass is 686 g/mol. The summed E-state index contributed by atoms with van der Waals surface area (Å²) in [5.74, 6) is 0.572. The van der Waals surface area contributed by atoms with Crippen molar-refractivity contribution in [3.05, 3.63) is 69.5 Å². The lowest BCUT2D eigenvalue weighted by molar-refractivity contribution is -0.137. The zero-order chi connectivity index (χ0) is 35.6. The molecule has 14 heteroatoms. The van der Waals surface area contributed by atoms with Crippen LogP contribution < -0.4 is 15.4 Å². The van der Waals surface area contributed by atoms with Crippen LogP contribution in [0, 0.1) is 19.8 Å². The third-order valence-corrected chi connectivity index (χ3v) is 9.85. The first-order chi connectivity index (χ1) is 24.1. The summed E-state index contributed by atoms with van der Waals surface area (Å²) in [6.45, 7) is 9.46. The number of rotatable bonds is 16. The number of azide groups is 1. The Labute approximate surface area is 293 Å². The molecule has 0 saturated carbocycles. The van der Waals surface area contributed by atoms with Gasteiger partial charge in [-0.2, -0.15) is 5.10 Å². The molecule has 0 unspecified atom stereocenters. The van der Waals surface area contributed by atoms with Gasteiger partial charge in [-0.15, -0.1) is 0 Å². The molecule has 2 aromatic heterocycles. The summed E-state index contributed by atoms with van der Waals surface area (Å²) < 4.78 is 7.17. The van der Waals surface area contributed by atoms with Gasteiger partial charge in [0.2, 0.25) is 5.91 Å². The Bertz CT molecular complexity index is 1680. The number of carboxylic acids is 1. The fraction of sp³-hybridized carbons (Fsp3) is 0.556. The number of aliphatic carboxylic acids is 1. The summed E-state index contributed by atoms with van der Waals surface area (Å²) in [5.41, 5.74) is 20.2. The highest BCUT2D eigenvalue weighted by Gasteiger charge is 2.28. The second kappa shape index (κ2) is 17.2. The maximum atomic E-state index is 12.9. The van der Waals surface area contributed by atoms with Gasteiger partial charge in [-0.3, -0.25) is 9.59 Å². The topological polar surface area (TPSA) is 179 Å². The number of benzene rings is 1. The Balaban J connectivity index is 1.29. The second-order valence-corrected chi connectivity index (χ2v) is 13.5. The lowest BCUT2D eigenvalue weighted by Gasteiger charge is -2.37. The molecule has 1 amide bonds. The van der Waals surface area contributed by atoms with Gasteiger partial charge in [-0.05, 0) is 106 Å². The van der Waals surface area contributed by atoms with Crippen molar-refractivity contribution in [2.24, 2.45) is 11.0 Å². The number of aryl methyl sites for hydroxylation is 3. The quantitative estimate of drug-likeness (QED) is 0.0896. The molecule has 268 valence electrons. The van der Waals surface area contributed by atoms with Crippen molar-refractivity contribution in [2.45, 2.75) is 64.7 Å². The van der Waals surface area contributed by atoms with Crippen LogP contribution in [0.2, 0.25) is 0 Å². The maximum absolute atomic E-state index is 12.9. The zero-order valence-corrected chi connectivity index (χ0v) is 29.5. The molecule has 2 fully saturated rings. The smallest absolute Gasteiger partial charge is 0.304 e. The molecule has 1 aromatic carbocycles.